The molecule has 1 aliphatic rings. The quantitative estimate of drug-likeness (QED) is 0.109. The number of aliphatic hydroxyl groups is 1. The number of amides is 3. The minimum absolute atomic E-state index is 0.0249. The van der Waals surface area contributed by atoms with Crippen LogP contribution in [-0.2, 0) is 23.9 Å². The summed E-state index contributed by atoms with van der Waals surface area (Å²) in [6.07, 6.45) is 15.9. The van der Waals surface area contributed by atoms with Crippen molar-refractivity contribution >= 4 is 29.3 Å². The van der Waals surface area contributed by atoms with Crippen molar-refractivity contribution in [3.63, 3.8) is 0 Å². The molecule has 3 amide bonds. The maximum atomic E-state index is 12.6. The van der Waals surface area contributed by atoms with Gasteiger partial charge < -0.3 is 19.5 Å². The van der Waals surface area contributed by atoms with Gasteiger partial charge in [0.2, 0.25) is 5.91 Å². The number of methoxy groups -OCH3 is 2. The largest absolute Gasteiger partial charge is 0.510 e. The van der Waals surface area contributed by atoms with Crippen LogP contribution in [0.5, 0.6) is 0 Å². The molecule has 0 aromatic rings. The molecule has 1 aliphatic heterocycles. The first-order valence-corrected chi connectivity index (χ1v) is 13.4. The van der Waals surface area contributed by atoms with Crippen molar-refractivity contribution in [1.29, 1.82) is 0 Å². The number of aliphatic hydroxyl groups excluding tert-OH is 1. The van der Waals surface area contributed by atoms with E-state index in [1.807, 2.05) is 6.08 Å². The van der Waals surface area contributed by atoms with Gasteiger partial charge in [0.25, 0.3) is 11.8 Å². The van der Waals surface area contributed by atoms with E-state index < -0.39 is 11.8 Å². The van der Waals surface area contributed by atoms with Crippen molar-refractivity contribution in [3.05, 3.63) is 46.9 Å². The second-order valence-electron chi connectivity index (χ2n) is 9.21. The Morgan fingerprint density at radius 2 is 1.95 bits per heavy atom. The number of carbonyl (C=O) groups is 3. The predicted molar refractivity (Wildman–Crippen MR) is 146 cm³/mol. The lowest BCUT2D eigenvalue weighted by atomic mass is 10.1. The maximum Gasteiger partial charge on any atom is 0.257 e. The second kappa shape index (κ2) is 18.6. The van der Waals surface area contributed by atoms with E-state index in [9.17, 15) is 19.5 Å². The molecule has 0 unspecified atom stereocenters. The van der Waals surface area contributed by atoms with E-state index in [2.05, 4.69) is 13.0 Å². The monoisotopic (exact) mass is 538 g/mol. The number of halogens is 1. The van der Waals surface area contributed by atoms with Crippen molar-refractivity contribution in [1.82, 2.24) is 9.80 Å². The Kier molecular flexibility index (Phi) is 16.3. The van der Waals surface area contributed by atoms with Crippen LogP contribution >= 0.6 is 11.6 Å². The molecule has 0 saturated carbocycles. The van der Waals surface area contributed by atoms with E-state index in [0.29, 0.717) is 18.4 Å². The Balaban J connectivity index is 2.45. The summed E-state index contributed by atoms with van der Waals surface area (Å²) in [4.78, 5) is 39.2. The van der Waals surface area contributed by atoms with Gasteiger partial charge >= 0.3 is 0 Å². The summed E-state index contributed by atoms with van der Waals surface area (Å²) in [5.74, 6) is -1.08. The zero-order valence-corrected chi connectivity index (χ0v) is 23.5. The molecule has 1 heterocycles. The fourth-order valence-corrected chi connectivity index (χ4v) is 4.05. The van der Waals surface area contributed by atoms with Crippen LogP contribution in [0.3, 0.4) is 0 Å². The van der Waals surface area contributed by atoms with Crippen molar-refractivity contribution in [2.24, 2.45) is 0 Å². The molecule has 208 valence electrons. The molecule has 0 aliphatic carbocycles. The van der Waals surface area contributed by atoms with Gasteiger partial charge in [0.1, 0.15) is 11.5 Å². The lowest BCUT2D eigenvalue weighted by Crippen LogP contribution is -2.32. The van der Waals surface area contributed by atoms with Crippen LogP contribution in [0.2, 0.25) is 0 Å². The van der Waals surface area contributed by atoms with Crippen LogP contribution in [0.25, 0.3) is 0 Å². The van der Waals surface area contributed by atoms with E-state index in [0.717, 1.165) is 23.8 Å². The van der Waals surface area contributed by atoms with Gasteiger partial charge in [-0.2, -0.15) is 0 Å². The van der Waals surface area contributed by atoms with Crippen LogP contribution in [0.15, 0.2) is 46.9 Å². The Morgan fingerprint density at radius 3 is 2.54 bits per heavy atom. The van der Waals surface area contributed by atoms with Crippen LogP contribution in [0, 0.1) is 0 Å². The number of rotatable bonds is 18. The Morgan fingerprint density at radius 1 is 1.22 bits per heavy atom. The van der Waals surface area contributed by atoms with E-state index in [4.69, 9.17) is 21.1 Å². The van der Waals surface area contributed by atoms with Crippen molar-refractivity contribution in [2.75, 3.05) is 34.4 Å². The van der Waals surface area contributed by atoms with Crippen LogP contribution in [0.4, 0.5) is 0 Å². The molecule has 1 rings (SSSR count). The first-order valence-electron chi connectivity index (χ1n) is 12.9. The number of likely N-dealkylation sites (N-methyl/N-ethyl adjacent to an activating group) is 1. The molecule has 0 radical (unpaired) electrons. The van der Waals surface area contributed by atoms with Crippen molar-refractivity contribution in [3.8, 4) is 0 Å². The molecule has 0 saturated heterocycles. The topological polar surface area (TPSA) is 96.4 Å². The third-order valence-corrected chi connectivity index (χ3v) is 6.47. The summed E-state index contributed by atoms with van der Waals surface area (Å²) < 4.78 is 10.8. The standard InChI is InChI=1S/C28H43ClN2O6/c1-5-6-7-8-10-13-24(36-3)14-11-9-12-15-26(33)30(2)20-22(19-29)16-25(37-4)18-28(35)31-21-23(32)17-27(31)34/h9,11,17-19,24,32H,5-8,10,12-16,20-21H2,1-4H3/b11-9+,22-19+,25-18+/t24-/m0/s1. The molecule has 9 heteroatoms. The number of nitrogens with zero attached hydrogens (tertiary/aromatic N) is 2. The normalized spacial score (nSPS) is 15.3. The number of hydrogen-bond acceptors (Lipinski definition) is 6. The van der Waals surface area contributed by atoms with Crippen LogP contribution in [0.1, 0.15) is 71.1 Å². The van der Waals surface area contributed by atoms with Gasteiger partial charge in [-0.05, 0) is 24.8 Å². The van der Waals surface area contributed by atoms with Crippen molar-refractivity contribution < 1.29 is 29.0 Å². The molecule has 1 N–H and O–H groups in total. The molecule has 0 aromatic heterocycles. The number of allylic oxidation sites excluding steroid dienone is 2. The van der Waals surface area contributed by atoms with Gasteiger partial charge in [0.05, 0.1) is 19.8 Å². The maximum absolute atomic E-state index is 12.6. The minimum Gasteiger partial charge on any atom is -0.510 e. The molecule has 1 atom stereocenters. The van der Waals surface area contributed by atoms with E-state index in [1.165, 1.54) is 50.8 Å². The van der Waals surface area contributed by atoms with Gasteiger partial charge in [-0.3, -0.25) is 19.3 Å². The highest BCUT2D eigenvalue weighted by molar-refractivity contribution is 6.25. The fourth-order valence-electron chi connectivity index (χ4n) is 3.91. The highest BCUT2D eigenvalue weighted by Crippen LogP contribution is 2.17. The Bertz CT molecular complexity index is 865. The molecule has 0 spiro atoms. The number of imide groups is 1. The fraction of sp³-hybridized carbons (Fsp3) is 0.607. The van der Waals surface area contributed by atoms with E-state index >= 15 is 0 Å². The molecule has 0 fully saturated rings. The summed E-state index contributed by atoms with van der Waals surface area (Å²) in [6.45, 7) is 2.32. The molecule has 37 heavy (non-hydrogen) atoms. The highest BCUT2D eigenvalue weighted by atomic mass is 35.5. The summed E-state index contributed by atoms with van der Waals surface area (Å²) in [5.41, 5.74) is 2.03. The Hall–Kier alpha value is -2.58. The number of ether oxygens (including phenoxy) is 2. The predicted octanol–water partition coefficient (Wildman–Crippen LogP) is 5.40. The van der Waals surface area contributed by atoms with Gasteiger partial charge in [-0.25, -0.2) is 0 Å². The number of hydrogen-bond donors (Lipinski definition) is 1. The smallest absolute Gasteiger partial charge is 0.257 e. The van der Waals surface area contributed by atoms with Gasteiger partial charge in [0.15, 0.2) is 0 Å². The van der Waals surface area contributed by atoms with E-state index in [1.54, 1.807) is 19.1 Å². The Labute approximate surface area is 226 Å². The molecule has 0 aromatic carbocycles. The molecule has 8 nitrogen and oxygen atoms in total. The zero-order valence-electron chi connectivity index (χ0n) is 22.7. The van der Waals surface area contributed by atoms with Gasteiger partial charge in [-0.15, -0.1) is 0 Å². The first-order chi connectivity index (χ1) is 17.7. The minimum atomic E-state index is -0.598. The third-order valence-electron chi connectivity index (χ3n) is 6.16. The zero-order chi connectivity index (χ0) is 27.6. The second-order valence-corrected chi connectivity index (χ2v) is 9.43. The molecular formula is C28H43ClN2O6. The lowest BCUT2D eigenvalue weighted by Gasteiger charge is -2.19. The van der Waals surface area contributed by atoms with Crippen molar-refractivity contribution in [2.45, 2.75) is 77.2 Å². The molecule has 0 bridgehead atoms. The SMILES string of the molecule is CCCCCCC[C@@H](C/C=C/CCC(=O)N(C)C/C(=C/Cl)C/C(=C\C(=O)N1CC(O)=CC1=O)OC)OC. The van der Waals surface area contributed by atoms with Gasteiger partial charge in [0, 0.05) is 51.2 Å². The lowest BCUT2D eigenvalue weighted by molar-refractivity contribution is -0.137. The number of unbranched alkanes of at least 4 members (excludes halogenated alkanes) is 4. The summed E-state index contributed by atoms with van der Waals surface area (Å²) >= 11 is 5.98. The number of carbonyl (C=O) groups excluding carboxylic acids is 3. The highest BCUT2D eigenvalue weighted by Gasteiger charge is 2.26. The summed E-state index contributed by atoms with van der Waals surface area (Å²) in [6, 6.07) is 0. The summed E-state index contributed by atoms with van der Waals surface area (Å²) in [5, 5.41) is 9.45. The average Bonchev–Trinajstić information content (AvgIpc) is 3.23. The average molecular weight is 539 g/mol. The first kappa shape index (κ1) is 32.4. The van der Waals surface area contributed by atoms with Gasteiger partial charge in [-0.1, -0.05) is 62.8 Å². The van der Waals surface area contributed by atoms with E-state index in [-0.39, 0.29) is 43.0 Å². The molecular weight excluding hydrogens is 496 g/mol. The third kappa shape index (κ3) is 13.0. The summed E-state index contributed by atoms with van der Waals surface area (Å²) in [7, 11) is 4.86. The van der Waals surface area contributed by atoms with Crippen LogP contribution < -0.4 is 0 Å². The van der Waals surface area contributed by atoms with Crippen LogP contribution in [-0.4, -0.2) is 73.1 Å².